The van der Waals surface area contributed by atoms with Gasteiger partial charge in [0.2, 0.25) is 0 Å². The van der Waals surface area contributed by atoms with E-state index in [0.29, 0.717) is 0 Å². The SMILES string of the molecule is C[C@H](/C=N/[S@@](=O)C(C)(C)C)O[Si](c1ccccc1)(c1ccccc1)C(C)(C)C. The first-order valence-corrected chi connectivity index (χ1v) is 12.7. The average molecular weight is 416 g/mol. The van der Waals surface area contributed by atoms with Crippen LogP contribution in [0, 0.1) is 0 Å². The third-order valence-corrected chi connectivity index (χ3v) is 11.2. The molecule has 0 unspecified atom stereocenters. The van der Waals surface area contributed by atoms with Crippen LogP contribution in [0.3, 0.4) is 0 Å². The Kier molecular flexibility index (Phi) is 7.18. The van der Waals surface area contributed by atoms with Crippen LogP contribution < -0.4 is 10.4 Å². The molecule has 3 nitrogen and oxygen atoms in total. The van der Waals surface area contributed by atoms with E-state index in [1.54, 1.807) is 6.21 Å². The number of hydrogen-bond donors (Lipinski definition) is 0. The number of nitrogens with zero attached hydrogens (tertiary/aromatic N) is 1. The van der Waals surface area contributed by atoms with Crippen LogP contribution in [0.1, 0.15) is 48.5 Å². The Balaban J connectivity index is 2.53. The van der Waals surface area contributed by atoms with Crippen LogP contribution in [0.5, 0.6) is 0 Å². The minimum atomic E-state index is -2.62. The topological polar surface area (TPSA) is 38.7 Å². The zero-order chi connectivity index (χ0) is 21.0. The van der Waals surface area contributed by atoms with Crippen molar-refractivity contribution in [1.29, 1.82) is 0 Å². The van der Waals surface area contributed by atoms with E-state index in [2.05, 4.69) is 73.7 Å². The van der Waals surface area contributed by atoms with Crippen molar-refractivity contribution in [1.82, 2.24) is 0 Å². The van der Waals surface area contributed by atoms with E-state index in [9.17, 15) is 4.21 Å². The molecule has 2 atom stereocenters. The number of hydrogen-bond acceptors (Lipinski definition) is 2. The predicted molar refractivity (Wildman–Crippen MR) is 125 cm³/mol. The van der Waals surface area contributed by atoms with Gasteiger partial charge in [-0.05, 0) is 43.1 Å². The highest BCUT2D eigenvalue weighted by Gasteiger charge is 2.50. The average Bonchev–Trinajstić information content (AvgIpc) is 2.63. The van der Waals surface area contributed by atoms with Gasteiger partial charge in [-0.15, -0.1) is 0 Å². The van der Waals surface area contributed by atoms with Crippen LogP contribution in [-0.2, 0) is 15.4 Å². The Morgan fingerprint density at radius 2 is 1.32 bits per heavy atom. The van der Waals surface area contributed by atoms with Crippen molar-refractivity contribution < 1.29 is 8.63 Å². The van der Waals surface area contributed by atoms with Crippen LogP contribution in [0.15, 0.2) is 65.1 Å². The second kappa shape index (κ2) is 8.85. The summed E-state index contributed by atoms with van der Waals surface area (Å²) in [6, 6.07) is 21.0. The molecule has 2 aromatic rings. The van der Waals surface area contributed by atoms with Crippen molar-refractivity contribution in [2.45, 2.75) is 64.4 Å². The maximum absolute atomic E-state index is 12.3. The van der Waals surface area contributed by atoms with Crippen LogP contribution in [-0.4, -0.2) is 29.6 Å². The summed E-state index contributed by atoms with van der Waals surface area (Å²) < 4.78 is 23.1. The fourth-order valence-electron chi connectivity index (χ4n) is 3.30. The number of rotatable bonds is 6. The Morgan fingerprint density at radius 1 is 0.893 bits per heavy atom. The van der Waals surface area contributed by atoms with Crippen molar-refractivity contribution in [2.24, 2.45) is 4.40 Å². The fourth-order valence-corrected chi connectivity index (χ4v) is 8.53. The molecular formula is C23H33NO2SSi. The zero-order valence-electron chi connectivity index (χ0n) is 18.1. The van der Waals surface area contributed by atoms with Crippen molar-refractivity contribution in [3.8, 4) is 0 Å². The van der Waals surface area contributed by atoms with Crippen LogP contribution in [0.2, 0.25) is 5.04 Å². The first-order valence-electron chi connectivity index (χ1n) is 9.73. The lowest BCUT2D eigenvalue weighted by atomic mass is 10.2. The molecule has 0 aliphatic carbocycles. The molecule has 152 valence electrons. The molecule has 0 radical (unpaired) electrons. The van der Waals surface area contributed by atoms with Crippen molar-refractivity contribution in [2.75, 3.05) is 0 Å². The summed E-state index contributed by atoms with van der Waals surface area (Å²) in [6.07, 6.45) is 1.46. The Morgan fingerprint density at radius 3 is 1.68 bits per heavy atom. The standard InChI is InChI=1S/C23H33NO2SSi/c1-19(18-24-27(25)22(2,3)4)26-28(23(5,6)7,20-14-10-8-11-15-20)21-16-12-9-13-17-21/h8-19H,1-7H3/b24-18+/t19-,27+/m1/s1. The maximum Gasteiger partial charge on any atom is 0.261 e. The van der Waals surface area contributed by atoms with Gasteiger partial charge in [0.1, 0.15) is 11.0 Å². The van der Waals surface area contributed by atoms with Gasteiger partial charge < -0.3 is 4.43 Å². The molecule has 0 fully saturated rings. The molecule has 0 aromatic heterocycles. The molecule has 0 N–H and O–H groups in total. The highest BCUT2D eigenvalue weighted by Crippen LogP contribution is 2.37. The second-order valence-electron chi connectivity index (χ2n) is 9.10. The van der Waals surface area contributed by atoms with Gasteiger partial charge in [-0.1, -0.05) is 81.4 Å². The minimum Gasteiger partial charge on any atom is -0.400 e. The Hall–Kier alpha value is -1.56. The van der Waals surface area contributed by atoms with Crippen molar-refractivity contribution in [3.63, 3.8) is 0 Å². The molecule has 0 bridgehead atoms. The summed E-state index contributed by atoms with van der Waals surface area (Å²) in [4.78, 5) is 0. The van der Waals surface area contributed by atoms with Gasteiger partial charge in [-0.25, -0.2) is 4.21 Å². The fraction of sp³-hybridized carbons (Fsp3) is 0.435. The molecule has 0 saturated heterocycles. The lowest BCUT2D eigenvalue weighted by Gasteiger charge is -2.44. The van der Waals surface area contributed by atoms with Gasteiger partial charge in [-0.2, -0.15) is 4.40 Å². The maximum atomic E-state index is 12.3. The highest BCUT2D eigenvalue weighted by atomic mass is 32.2. The normalized spacial score (nSPS) is 15.5. The smallest absolute Gasteiger partial charge is 0.261 e. The highest BCUT2D eigenvalue weighted by molar-refractivity contribution is 7.85. The van der Waals surface area contributed by atoms with Crippen LogP contribution >= 0.6 is 0 Å². The van der Waals surface area contributed by atoms with Gasteiger partial charge in [0, 0.05) is 6.21 Å². The molecular weight excluding hydrogens is 382 g/mol. The lowest BCUT2D eigenvalue weighted by Crippen LogP contribution is -2.67. The molecule has 0 aliphatic heterocycles. The second-order valence-corrected chi connectivity index (χ2v) is 15.3. The molecule has 0 heterocycles. The van der Waals surface area contributed by atoms with Gasteiger partial charge in [0.15, 0.2) is 0 Å². The van der Waals surface area contributed by atoms with E-state index >= 15 is 0 Å². The largest absolute Gasteiger partial charge is 0.400 e. The molecule has 0 spiro atoms. The molecule has 2 rings (SSSR count). The third-order valence-electron chi connectivity index (χ3n) is 4.67. The molecule has 5 heteroatoms. The van der Waals surface area contributed by atoms with Crippen molar-refractivity contribution >= 4 is 35.9 Å². The monoisotopic (exact) mass is 415 g/mol. The summed E-state index contributed by atoms with van der Waals surface area (Å²) in [5.41, 5.74) is 0. The Bertz CT molecular complexity index is 768. The van der Waals surface area contributed by atoms with E-state index in [0.717, 1.165) is 0 Å². The van der Waals surface area contributed by atoms with Crippen LogP contribution in [0.25, 0.3) is 0 Å². The van der Waals surface area contributed by atoms with Gasteiger partial charge in [0.05, 0.1) is 10.9 Å². The summed E-state index contributed by atoms with van der Waals surface area (Å²) in [7, 11) is -3.91. The van der Waals surface area contributed by atoms with E-state index in [1.807, 2.05) is 39.8 Å². The quantitative estimate of drug-likeness (QED) is 0.515. The van der Waals surface area contributed by atoms with E-state index in [4.69, 9.17) is 4.43 Å². The molecule has 0 aliphatic rings. The first kappa shape index (κ1) is 22.7. The molecule has 2 aromatic carbocycles. The first-order chi connectivity index (χ1) is 13.0. The minimum absolute atomic E-state index is 0.0962. The summed E-state index contributed by atoms with van der Waals surface area (Å²) in [6.45, 7) is 14.5. The summed E-state index contributed by atoms with van der Waals surface area (Å²) >= 11 is 0. The lowest BCUT2D eigenvalue weighted by molar-refractivity contribution is 0.273. The third kappa shape index (κ3) is 5.07. The predicted octanol–water partition coefficient (Wildman–Crippen LogP) is 4.48. The van der Waals surface area contributed by atoms with Gasteiger partial charge in [-0.3, -0.25) is 0 Å². The summed E-state index contributed by atoms with van der Waals surface area (Å²) in [5.74, 6) is 0. The molecule has 0 saturated carbocycles. The van der Waals surface area contributed by atoms with Crippen LogP contribution in [0.4, 0.5) is 0 Å². The molecule has 28 heavy (non-hydrogen) atoms. The van der Waals surface area contributed by atoms with E-state index in [1.165, 1.54) is 10.4 Å². The summed E-state index contributed by atoms with van der Waals surface area (Å²) in [5, 5.41) is 2.36. The van der Waals surface area contributed by atoms with Gasteiger partial charge in [0.25, 0.3) is 8.32 Å². The van der Waals surface area contributed by atoms with Crippen molar-refractivity contribution in [3.05, 3.63) is 60.7 Å². The molecule has 0 amide bonds. The zero-order valence-corrected chi connectivity index (χ0v) is 19.9. The van der Waals surface area contributed by atoms with E-state index in [-0.39, 0.29) is 15.9 Å². The van der Waals surface area contributed by atoms with E-state index < -0.39 is 19.3 Å². The number of benzene rings is 2. The van der Waals surface area contributed by atoms with Gasteiger partial charge >= 0.3 is 0 Å². The Labute approximate surface area is 174 Å².